The largest absolute Gasteiger partial charge is 0.370 e. The molecule has 1 N–H and O–H groups in total. The number of aromatic nitrogens is 2. The van der Waals surface area contributed by atoms with E-state index in [4.69, 9.17) is 9.97 Å². The first kappa shape index (κ1) is 14.3. The van der Waals surface area contributed by atoms with Gasteiger partial charge in [0.2, 0.25) is 0 Å². The Labute approximate surface area is 117 Å². The standard InChI is InChI=1S/C16H27N3/c1-5-10-17-14-11-13(16(2,3)4)18-15(19-14)12-8-6-7-9-12/h11-12H,5-10H2,1-4H3,(H,17,18,19). The lowest BCUT2D eigenvalue weighted by molar-refractivity contribution is 0.552. The zero-order valence-corrected chi connectivity index (χ0v) is 12.8. The SMILES string of the molecule is CCCNc1cc(C(C)(C)C)nc(C2CCCC2)n1. The molecule has 0 unspecified atom stereocenters. The van der Waals surface area contributed by atoms with Crippen molar-refractivity contribution in [3.63, 3.8) is 0 Å². The van der Waals surface area contributed by atoms with E-state index in [2.05, 4.69) is 39.1 Å². The molecular formula is C16H27N3. The second-order valence-electron chi connectivity index (χ2n) is 6.65. The minimum absolute atomic E-state index is 0.0823. The molecule has 1 aromatic heterocycles. The smallest absolute Gasteiger partial charge is 0.134 e. The number of nitrogens with one attached hydrogen (secondary N) is 1. The van der Waals surface area contributed by atoms with E-state index in [9.17, 15) is 0 Å². The fraction of sp³-hybridized carbons (Fsp3) is 0.750. The Kier molecular flexibility index (Phi) is 4.43. The van der Waals surface area contributed by atoms with E-state index >= 15 is 0 Å². The van der Waals surface area contributed by atoms with E-state index in [1.165, 1.54) is 25.7 Å². The summed E-state index contributed by atoms with van der Waals surface area (Å²) in [6.45, 7) is 9.81. The Morgan fingerprint density at radius 1 is 1.21 bits per heavy atom. The highest BCUT2D eigenvalue weighted by Crippen LogP contribution is 2.34. The second-order valence-corrected chi connectivity index (χ2v) is 6.65. The summed E-state index contributed by atoms with van der Waals surface area (Å²) in [5, 5.41) is 3.42. The minimum atomic E-state index is 0.0823. The van der Waals surface area contributed by atoms with Crippen molar-refractivity contribution < 1.29 is 0 Å². The van der Waals surface area contributed by atoms with Gasteiger partial charge in [-0.25, -0.2) is 9.97 Å². The van der Waals surface area contributed by atoms with Crippen molar-refractivity contribution in [2.75, 3.05) is 11.9 Å². The lowest BCUT2D eigenvalue weighted by atomic mass is 9.91. The molecule has 3 heteroatoms. The van der Waals surface area contributed by atoms with E-state index in [1.807, 2.05) is 0 Å². The molecule has 0 amide bonds. The Hall–Kier alpha value is -1.12. The molecule has 1 aliphatic rings. The summed E-state index contributed by atoms with van der Waals surface area (Å²) in [5.74, 6) is 2.64. The maximum absolute atomic E-state index is 4.84. The van der Waals surface area contributed by atoms with Crippen molar-refractivity contribution in [3.8, 4) is 0 Å². The third-order valence-corrected chi connectivity index (χ3v) is 3.79. The highest BCUT2D eigenvalue weighted by molar-refractivity contribution is 5.38. The van der Waals surface area contributed by atoms with Gasteiger partial charge in [0.05, 0.1) is 5.69 Å². The predicted molar refractivity (Wildman–Crippen MR) is 80.7 cm³/mol. The first-order chi connectivity index (χ1) is 9.00. The van der Waals surface area contributed by atoms with Crippen LogP contribution in [0.15, 0.2) is 6.07 Å². The van der Waals surface area contributed by atoms with Crippen LogP contribution in [0.2, 0.25) is 0 Å². The molecule has 2 rings (SSSR count). The van der Waals surface area contributed by atoms with Crippen molar-refractivity contribution in [2.24, 2.45) is 0 Å². The lowest BCUT2D eigenvalue weighted by Crippen LogP contribution is -2.18. The molecule has 19 heavy (non-hydrogen) atoms. The van der Waals surface area contributed by atoms with Gasteiger partial charge in [0, 0.05) is 23.9 Å². The molecule has 0 aromatic carbocycles. The summed E-state index contributed by atoms with van der Waals surface area (Å²) in [6, 6.07) is 2.12. The molecule has 106 valence electrons. The van der Waals surface area contributed by atoms with Crippen molar-refractivity contribution in [1.82, 2.24) is 9.97 Å². The molecule has 1 saturated carbocycles. The number of hydrogen-bond donors (Lipinski definition) is 1. The molecule has 0 aliphatic heterocycles. The van der Waals surface area contributed by atoms with Gasteiger partial charge in [-0.05, 0) is 19.3 Å². The molecule has 0 radical (unpaired) electrons. The first-order valence-corrected chi connectivity index (χ1v) is 7.64. The van der Waals surface area contributed by atoms with Gasteiger partial charge in [0.15, 0.2) is 0 Å². The highest BCUT2D eigenvalue weighted by Gasteiger charge is 2.24. The quantitative estimate of drug-likeness (QED) is 0.880. The van der Waals surface area contributed by atoms with Gasteiger partial charge < -0.3 is 5.32 Å². The van der Waals surface area contributed by atoms with Gasteiger partial charge in [0.1, 0.15) is 11.6 Å². The van der Waals surface area contributed by atoms with Crippen molar-refractivity contribution in [3.05, 3.63) is 17.6 Å². The molecule has 1 aromatic rings. The Morgan fingerprint density at radius 3 is 2.47 bits per heavy atom. The van der Waals surface area contributed by atoms with Gasteiger partial charge in [-0.2, -0.15) is 0 Å². The summed E-state index contributed by atoms with van der Waals surface area (Å²) < 4.78 is 0. The van der Waals surface area contributed by atoms with Crippen LogP contribution >= 0.6 is 0 Å². The van der Waals surface area contributed by atoms with Crippen LogP contribution in [-0.2, 0) is 5.41 Å². The van der Waals surface area contributed by atoms with Crippen LogP contribution < -0.4 is 5.32 Å². The Morgan fingerprint density at radius 2 is 1.89 bits per heavy atom. The van der Waals surface area contributed by atoms with E-state index in [-0.39, 0.29) is 5.41 Å². The fourth-order valence-electron chi connectivity index (χ4n) is 2.56. The molecule has 1 heterocycles. The summed E-state index contributed by atoms with van der Waals surface area (Å²) in [4.78, 5) is 9.59. The van der Waals surface area contributed by atoms with Gasteiger partial charge in [-0.3, -0.25) is 0 Å². The molecular weight excluding hydrogens is 234 g/mol. The third-order valence-electron chi connectivity index (χ3n) is 3.79. The molecule has 0 bridgehead atoms. The molecule has 1 aliphatic carbocycles. The van der Waals surface area contributed by atoms with Crippen molar-refractivity contribution in [2.45, 2.75) is 71.1 Å². The van der Waals surface area contributed by atoms with Gasteiger partial charge in [0.25, 0.3) is 0 Å². The van der Waals surface area contributed by atoms with Crippen molar-refractivity contribution >= 4 is 5.82 Å². The topological polar surface area (TPSA) is 37.8 Å². The van der Waals surface area contributed by atoms with Crippen LogP contribution in [0.4, 0.5) is 5.82 Å². The van der Waals surface area contributed by atoms with E-state index in [0.29, 0.717) is 5.92 Å². The third kappa shape index (κ3) is 3.68. The number of hydrogen-bond acceptors (Lipinski definition) is 3. The number of rotatable bonds is 4. The maximum Gasteiger partial charge on any atom is 0.134 e. The van der Waals surface area contributed by atoms with Gasteiger partial charge >= 0.3 is 0 Å². The van der Waals surface area contributed by atoms with Gasteiger partial charge in [-0.15, -0.1) is 0 Å². The number of nitrogens with zero attached hydrogens (tertiary/aromatic N) is 2. The predicted octanol–water partition coefficient (Wildman–Crippen LogP) is 4.25. The van der Waals surface area contributed by atoms with Crippen molar-refractivity contribution in [1.29, 1.82) is 0 Å². The van der Waals surface area contributed by atoms with E-state index < -0.39 is 0 Å². The fourth-order valence-corrected chi connectivity index (χ4v) is 2.56. The van der Waals surface area contributed by atoms with Gasteiger partial charge in [-0.1, -0.05) is 40.5 Å². The zero-order chi connectivity index (χ0) is 13.9. The van der Waals surface area contributed by atoms with E-state index in [1.54, 1.807) is 0 Å². The first-order valence-electron chi connectivity index (χ1n) is 7.64. The molecule has 0 spiro atoms. The Balaban J connectivity index is 2.30. The van der Waals surface area contributed by atoms with Crippen LogP contribution in [0.3, 0.4) is 0 Å². The van der Waals surface area contributed by atoms with Crippen LogP contribution in [0.1, 0.15) is 77.2 Å². The van der Waals surface area contributed by atoms with Crippen LogP contribution in [0.5, 0.6) is 0 Å². The summed E-state index contributed by atoms with van der Waals surface area (Å²) >= 11 is 0. The second kappa shape index (κ2) is 5.89. The van der Waals surface area contributed by atoms with Crippen LogP contribution in [0, 0.1) is 0 Å². The molecule has 1 fully saturated rings. The monoisotopic (exact) mass is 261 g/mol. The van der Waals surface area contributed by atoms with Crippen LogP contribution in [-0.4, -0.2) is 16.5 Å². The average Bonchev–Trinajstić information content (AvgIpc) is 2.89. The number of anilines is 1. The highest BCUT2D eigenvalue weighted by atomic mass is 15.0. The summed E-state index contributed by atoms with van der Waals surface area (Å²) in [6.07, 6.45) is 6.27. The Bertz CT molecular complexity index is 414. The minimum Gasteiger partial charge on any atom is -0.370 e. The summed E-state index contributed by atoms with van der Waals surface area (Å²) in [5.41, 5.74) is 1.24. The molecule has 3 nitrogen and oxygen atoms in total. The van der Waals surface area contributed by atoms with Crippen LogP contribution in [0.25, 0.3) is 0 Å². The maximum atomic E-state index is 4.84. The average molecular weight is 261 g/mol. The zero-order valence-electron chi connectivity index (χ0n) is 12.8. The molecule has 0 atom stereocenters. The lowest BCUT2D eigenvalue weighted by Gasteiger charge is -2.21. The van der Waals surface area contributed by atoms with E-state index in [0.717, 1.165) is 30.3 Å². The normalized spacial score (nSPS) is 16.8. The molecule has 0 saturated heterocycles. The summed E-state index contributed by atoms with van der Waals surface area (Å²) in [7, 11) is 0.